The SMILES string of the molecule is CC(C)(C)OC(=O)CCC(C#N)c1ccc(N2CCC(NC(=O)OC(C)(C)C)CC2)nc1. The van der Waals surface area contributed by atoms with Gasteiger partial charge in [-0.2, -0.15) is 5.26 Å². The zero-order valence-corrected chi connectivity index (χ0v) is 20.1. The minimum absolute atomic E-state index is 0.0798. The summed E-state index contributed by atoms with van der Waals surface area (Å²) in [6.07, 6.45) is 3.53. The van der Waals surface area contributed by atoms with E-state index in [4.69, 9.17) is 9.47 Å². The molecule has 32 heavy (non-hydrogen) atoms. The molecular formula is C24H36N4O4. The summed E-state index contributed by atoms with van der Waals surface area (Å²) in [5, 5.41) is 12.5. The molecule has 1 N–H and O–H groups in total. The Morgan fingerprint density at radius 2 is 1.78 bits per heavy atom. The summed E-state index contributed by atoms with van der Waals surface area (Å²) >= 11 is 0. The molecule has 2 heterocycles. The quantitative estimate of drug-likeness (QED) is 0.652. The van der Waals surface area contributed by atoms with Gasteiger partial charge in [-0.05, 0) is 72.4 Å². The number of carbonyl (C=O) groups excluding carboxylic acids is 2. The van der Waals surface area contributed by atoms with E-state index in [1.165, 1.54) is 0 Å². The molecule has 1 atom stereocenters. The molecule has 0 spiro atoms. The molecule has 2 rings (SSSR count). The number of piperidine rings is 1. The average molecular weight is 445 g/mol. The van der Waals surface area contributed by atoms with Crippen molar-refractivity contribution in [1.29, 1.82) is 5.26 Å². The third-order valence-corrected chi connectivity index (χ3v) is 4.93. The summed E-state index contributed by atoms with van der Waals surface area (Å²) in [7, 11) is 0. The molecule has 176 valence electrons. The van der Waals surface area contributed by atoms with Crippen molar-refractivity contribution in [3.63, 3.8) is 0 Å². The number of pyridine rings is 1. The number of esters is 1. The fraction of sp³-hybridized carbons (Fsp3) is 0.667. The predicted octanol–water partition coefficient (Wildman–Crippen LogP) is 4.30. The molecule has 1 aliphatic rings. The molecule has 0 aromatic carbocycles. The zero-order valence-electron chi connectivity index (χ0n) is 20.1. The molecule has 1 unspecified atom stereocenters. The Kier molecular flexibility index (Phi) is 8.48. The third kappa shape index (κ3) is 8.74. The largest absolute Gasteiger partial charge is 0.460 e. The molecule has 8 heteroatoms. The van der Waals surface area contributed by atoms with Crippen molar-refractivity contribution in [1.82, 2.24) is 10.3 Å². The first-order valence-electron chi connectivity index (χ1n) is 11.2. The van der Waals surface area contributed by atoms with Crippen LogP contribution in [0.2, 0.25) is 0 Å². The van der Waals surface area contributed by atoms with Crippen molar-refractivity contribution < 1.29 is 19.1 Å². The summed E-state index contributed by atoms with van der Waals surface area (Å²) in [4.78, 5) is 30.6. The summed E-state index contributed by atoms with van der Waals surface area (Å²) in [5.74, 6) is 0.131. The highest BCUT2D eigenvalue weighted by Crippen LogP contribution is 2.24. The molecule has 1 aliphatic heterocycles. The minimum atomic E-state index is -0.529. The number of nitriles is 1. The van der Waals surface area contributed by atoms with Crippen LogP contribution in [-0.4, -0.2) is 47.4 Å². The summed E-state index contributed by atoms with van der Waals surface area (Å²) in [6.45, 7) is 12.6. The number of hydrogen-bond donors (Lipinski definition) is 1. The lowest BCUT2D eigenvalue weighted by molar-refractivity contribution is -0.154. The Labute approximate surface area is 191 Å². The van der Waals surface area contributed by atoms with E-state index in [1.807, 2.05) is 53.7 Å². The van der Waals surface area contributed by atoms with Crippen molar-refractivity contribution in [2.75, 3.05) is 18.0 Å². The van der Waals surface area contributed by atoms with Crippen molar-refractivity contribution in [2.45, 2.75) is 90.4 Å². The Balaban J connectivity index is 1.85. The number of rotatable bonds is 6. The van der Waals surface area contributed by atoms with Gasteiger partial charge in [-0.25, -0.2) is 9.78 Å². The summed E-state index contributed by atoms with van der Waals surface area (Å²) in [5.41, 5.74) is -0.246. The molecule has 1 aromatic rings. The van der Waals surface area contributed by atoms with Gasteiger partial charge in [0.15, 0.2) is 0 Å². The van der Waals surface area contributed by atoms with Crippen LogP contribution in [0.25, 0.3) is 0 Å². The van der Waals surface area contributed by atoms with Crippen molar-refractivity contribution in [3.05, 3.63) is 23.9 Å². The van der Waals surface area contributed by atoms with E-state index in [0.29, 0.717) is 6.42 Å². The first kappa shape index (κ1) is 25.4. The van der Waals surface area contributed by atoms with Crippen LogP contribution in [0, 0.1) is 11.3 Å². The maximum Gasteiger partial charge on any atom is 0.407 e. The maximum atomic E-state index is 12.0. The van der Waals surface area contributed by atoms with E-state index in [2.05, 4.69) is 21.3 Å². The fourth-order valence-electron chi connectivity index (χ4n) is 3.48. The second-order valence-corrected chi connectivity index (χ2v) is 10.2. The molecule has 1 aromatic heterocycles. The van der Waals surface area contributed by atoms with Gasteiger partial charge in [0.1, 0.15) is 17.0 Å². The van der Waals surface area contributed by atoms with Crippen LogP contribution < -0.4 is 10.2 Å². The van der Waals surface area contributed by atoms with Crippen LogP contribution in [0.4, 0.5) is 10.6 Å². The van der Waals surface area contributed by atoms with Crippen LogP contribution in [0.15, 0.2) is 18.3 Å². The van der Waals surface area contributed by atoms with Crippen LogP contribution in [-0.2, 0) is 14.3 Å². The molecule has 0 radical (unpaired) electrons. The first-order chi connectivity index (χ1) is 14.9. The van der Waals surface area contributed by atoms with Gasteiger partial charge in [0.05, 0.1) is 12.0 Å². The number of carbonyl (C=O) groups is 2. The molecule has 0 bridgehead atoms. The number of aromatic nitrogens is 1. The van der Waals surface area contributed by atoms with Gasteiger partial charge in [0.2, 0.25) is 0 Å². The topological polar surface area (TPSA) is 105 Å². The normalized spacial score (nSPS) is 16.1. The van der Waals surface area contributed by atoms with Crippen LogP contribution in [0.3, 0.4) is 0 Å². The lowest BCUT2D eigenvalue weighted by Gasteiger charge is -2.33. The van der Waals surface area contributed by atoms with Crippen LogP contribution in [0.5, 0.6) is 0 Å². The smallest absolute Gasteiger partial charge is 0.407 e. The van der Waals surface area contributed by atoms with Gasteiger partial charge in [-0.15, -0.1) is 0 Å². The number of alkyl carbamates (subject to hydrolysis) is 1. The van der Waals surface area contributed by atoms with Gasteiger partial charge >= 0.3 is 12.1 Å². The van der Waals surface area contributed by atoms with Crippen molar-refractivity contribution >= 4 is 17.9 Å². The third-order valence-electron chi connectivity index (χ3n) is 4.93. The molecule has 1 saturated heterocycles. The van der Waals surface area contributed by atoms with E-state index in [0.717, 1.165) is 37.3 Å². The number of anilines is 1. The lowest BCUT2D eigenvalue weighted by atomic mass is 9.97. The van der Waals surface area contributed by atoms with Gasteiger partial charge in [-0.1, -0.05) is 6.07 Å². The standard InChI is InChI=1S/C24H36N4O4/c1-23(2,3)31-21(29)10-8-17(15-25)18-7-9-20(26-16-18)28-13-11-19(12-14-28)27-22(30)32-24(4,5)6/h7,9,16-17,19H,8,10-14H2,1-6H3,(H,27,30). The second-order valence-electron chi connectivity index (χ2n) is 10.2. The van der Waals surface area contributed by atoms with E-state index >= 15 is 0 Å². The van der Waals surface area contributed by atoms with Gasteiger partial charge in [-0.3, -0.25) is 4.79 Å². The lowest BCUT2D eigenvalue weighted by Crippen LogP contribution is -2.46. The molecule has 1 fully saturated rings. The van der Waals surface area contributed by atoms with E-state index in [-0.39, 0.29) is 24.5 Å². The highest BCUT2D eigenvalue weighted by Gasteiger charge is 2.24. The predicted molar refractivity (Wildman–Crippen MR) is 122 cm³/mol. The minimum Gasteiger partial charge on any atom is -0.460 e. The molecule has 8 nitrogen and oxygen atoms in total. The molecule has 0 saturated carbocycles. The van der Waals surface area contributed by atoms with E-state index in [9.17, 15) is 14.9 Å². The Morgan fingerprint density at radius 1 is 1.16 bits per heavy atom. The summed E-state index contributed by atoms with van der Waals surface area (Å²) < 4.78 is 10.6. The summed E-state index contributed by atoms with van der Waals surface area (Å²) in [6, 6.07) is 6.15. The van der Waals surface area contributed by atoms with Crippen molar-refractivity contribution in [2.24, 2.45) is 0 Å². The first-order valence-corrected chi connectivity index (χ1v) is 11.2. The molecule has 0 aliphatic carbocycles. The van der Waals surface area contributed by atoms with Gasteiger partial charge < -0.3 is 19.7 Å². The number of nitrogens with zero attached hydrogens (tertiary/aromatic N) is 3. The highest BCUT2D eigenvalue weighted by atomic mass is 16.6. The maximum absolute atomic E-state index is 12.0. The van der Waals surface area contributed by atoms with Gasteiger partial charge in [0.25, 0.3) is 0 Å². The van der Waals surface area contributed by atoms with Crippen molar-refractivity contribution in [3.8, 4) is 6.07 Å². The van der Waals surface area contributed by atoms with Crippen LogP contribution in [0.1, 0.15) is 78.7 Å². The molecule has 1 amide bonds. The number of hydrogen-bond acceptors (Lipinski definition) is 7. The second kappa shape index (κ2) is 10.7. The average Bonchev–Trinajstić information content (AvgIpc) is 2.67. The number of ether oxygens (including phenoxy) is 2. The monoisotopic (exact) mass is 444 g/mol. The van der Waals surface area contributed by atoms with E-state index < -0.39 is 17.1 Å². The Hall–Kier alpha value is -2.82. The van der Waals surface area contributed by atoms with Gasteiger partial charge in [0, 0.05) is 31.7 Å². The number of amides is 1. The highest BCUT2D eigenvalue weighted by molar-refractivity contribution is 5.70. The zero-order chi connectivity index (χ0) is 23.9. The van der Waals surface area contributed by atoms with E-state index in [1.54, 1.807) is 6.20 Å². The van der Waals surface area contributed by atoms with Crippen LogP contribution >= 0.6 is 0 Å². The Morgan fingerprint density at radius 3 is 2.28 bits per heavy atom. The fourth-order valence-corrected chi connectivity index (χ4v) is 3.48. The Bertz CT molecular complexity index is 810. The molecular weight excluding hydrogens is 408 g/mol. The number of nitrogens with one attached hydrogen (secondary N) is 1.